The van der Waals surface area contributed by atoms with E-state index in [1.807, 2.05) is 31.2 Å². The van der Waals surface area contributed by atoms with Crippen LogP contribution in [0.5, 0.6) is 5.75 Å². The summed E-state index contributed by atoms with van der Waals surface area (Å²) < 4.78 is 12.8. The third kappa shape index (κ3) is 4.11. The summed E-state index contributed by atoms with van der Waals surface area (Å²) in [4.78, 5) is 24.4. The predicted octanol–water partition coefficient (Wildman–Crippen LogP) is 3.41. The number of aromatic nitrogens is 1. The maximum Gasteiger partial charge on any atom is 0.337 e. The lowest BCUT2D eigenvalue weighted by Crippen LogP contribution is -2.19. The van der Waals surface area contributed by atoms with Gasteiger partial charge in [-0.2, -0.15) is 5.26 Å². The molecule has 0 aliphatic rings. The van der Waals surface area contributed by atoms with Crippen molar-refractivity contribution in [3.8, 4) is 11.8 Å². The van der Waals surface area contributed by atoms with Crippen LogP contribution in [0, 0.1) is 11.3 Å². The van der Waals surface area contributed by atoms with Gasteiger partial charge in [0.05, 0.1) is 35.0 Å². The second-order valence-electron chi connectivity index (χ2n) is 6.80. The largest absolute Gasteiger partial charge is 0.486 e. The Morgan fingerprint density at radius 2 is 2.03 bits per heavy atom. The van der Waals surface area contributed by atoms with Gasteiger partial charge in [0.1, 0.15) is 17.5 Å². The van der Waals surface area contributed by atoms with E-state index in [4.69, 9.17) is 14.7 Å². The number of ether oxygens (including phenoxy) is 2. The highest BCUT2D eigenvalue weighted by Gasteiger charge is 2.20. The summed E-state index contributed by atoms with van der Waals surface area (Å²) in [6.07, 6.45) is -0.176. The highest BCUT2D eigenvalue weighted by Crippen LogP contribution is 2.30. The van der Waals surface area contributed by atoms with Crippen molar-refractivity contribution in [3.63, 3.8) is 0 Å². The fourth-order valence-corrected chi connectivity index (χ4v) is 3.26. The number of amides is 1. The second-order valence-corrected chi connectivity index (χ2v) is 6.80. The Bertz CT molecular complexity index is 1160. The number of rotatable bonds is 7. The van der Waals surface area contributed by atoms with Gasteiger partial charge in [-0.25, -0.2) is 4.79 Å². The van der Waals surface area contributed by atoms with Gasteiger partial charge in [0.2, 0.25) is 0 Å². The van der Waals surface area contributed by atoms with Crippen LogP contribution >= 0.6 is 0 Å². The van der Waals surface area contributed by atoms with Crippen molar-refractivity contribution in [2.24, 2.45) is 7.05 Å². The van der Waals surface area contributed by atoms with Crippen LogP contribution in [0.15, 0.2) is 42.5 Å². The topological polar surface area (TPSA) is 114 Å². The summed E-state index contributed by atoms with van der Waals surface area (Å²) in [5, 5.41) is 21.8. The zero-order valence-corrected chi connectivity index (χ0v) is 16.8. The summed E-state index contributed by atoms with van der Waals surface area (Å²) in [5.74, 6) is -1.10. The minimum atomic E-state index is -1.23. The number of aromatic carboxylic acids is 1. The molecule has 0 aliphatic carbocycles. The number of fused-ring (bicyclic) bond motifs is 1. The van der Waals surface area contributed by atoms with Gasteiger partial charge in [0.25, 0.3) is 5.91 Å². The Kier molecular flexibility index (Phi) is 6.04. The molecule has 3 aromatic rings. The second kappa shape index (κ2) is 8.68. The Hall–Kier alpha value is -3.83. The maximum atomic E-state index is 12.9. The fourth-order valence-electron chi connectivity index (χ4n) is 3.26. The van der Waals surface area contributed by atoms with Crippen LogP contribution in [0.1, 0.15) is 33.3 Å². The smallest absolute Gasteiger partial charge is 0.337 e. The van der Waals surface area contributed by atoms with Gasteiger partial charge in [-0.3, -0.25) is 4.79 Å². The van der Waals surface area contributed by atoms with Gasteiger partial charge in [-0.15, -0.1) is 0 Å². The molecule has 0 fully saturated rings. The van der Waals surface area contributed by atoms with E-state index in [1.54, 1.807) is 24.8 Å². The number of carbonyl (C=O) groups excluding carboxylic acids is 1. The van der Waals surface area contributed by atoms with E-state index in [9.17, 15) is 14.7 Å². The molecule has 30 heavy (non-hydrogen) atoms. The number of carbonyl (C=O) groups is 2. The lowest BCUT2D eigenvalue weighted by molar-refractivity contribution is 0.0698. The first kappa shape index (κ1) is 20.9. The van der Waals surface area contributed by atoms with Crippen molar-refractivity contribution in [2.75, 3.05) is 19.0 Å². The molecule has 3 rings (SSSR count). The van der Waals surface area contributed by atoms with E-state index in [0.717, 1.165) is 10.9 Å². The van der Waals surface area contributed by atoms with Crippen LogP contribution in [-0.2, 0) is 11.8 Å². The number of nitrogens with zero attached hydrogens (tertiary/aromatic N) is 2. The fraction of sp³-hybridized carbons (Fsp3) is 0.227. The molecule has 1 unspecified atom stereocenters. The Morgan fingerprint density at radius 1 is 1.27 bits per heavy atom. The highest BCUT2D eigenvalue weighted by molar-refractivity contribution is 6.09. The minimum Gasteiger partial charge on any atom is -0.486 e. The minimum absolute atomic E-state index is 0.113. The third-order valence-electron chi connectivity index (χ3n) is 4.61. The van der Waals surface area contributed by atoms with E-state index in [-0.39, 0.29) is 22.9 Å². The quantitative estimate of drug-likeness (QED) is 0.620. The average molecular weight is 407 g/mol. The molecular weight excluding hydrogens is 386 g/mol. The molecule has 1 aromatic heterocycles. The summed E-state index contributed by atoms with van der Waals surface area (Å²) in [5.41, 5.74) is 1.23. The number of nitriles is 1. The summed E-state index contributed by atoms with van der Waals surface area (Å²) in [6.45, 7) is 2.31. The van der Waals surface area contributed by atoms with Crippen LogP contribution < -0.4 is 10.1 Å². The molecule has 0 saturated carbocycles. The molecule has 0 aliphatic heterocycles. The lowest BCUT2D eigenvalue weighted by atomic mass is 10.1. The van der Waals surface area contributed by atoms with Crippen molar-refractivity contribution in [1.29, 1.82) is 5.26 Å². The number of hydrogen-bond acceptors (Lipinski definition) is 5. The molecule has 1 atom stereocenters. The first-order chi connectivity index (χ1) is 14.3. The molecule has 8 heteroatoms. The number of methoxy groups -OCH3 is 1. The number of nitrogens with one attached hydrogen (secondary N) is 1. The van der Waals surface area contributed by atoms with Gasteiger partial charge >= 0.3 is 5.97 Å². The molecule has 0 radical (unpaired) electrons. The zero-order chi connectivity index (χ0) is 21.8. The van der Waals surface area contributed by atoms with Crippen molar-refractivity contribution >= 4 is 28.5 Å². The van der Waals surface area contributed by atoms with Gasteiger partial charge in [0, 0.05) is 19.5 Å². The maximum absolute atomic E-state index is 12.9. The molecule has 2 N–H and O–H groups in total. The van der Waals surface area contributed by atoms with Crippen LogP contribution in [0.4, 0.5) is 5.69 Å². The molecule has 0 spiro atoms. The van der Waals surface area contributed by atoms with Gasteiger partial charge in [-0.1, -0.05) is 12.1 Å². The van der Waals surface area contributed by atoms with Crippen LogP contribution in [0.3, 0.4) is 0 Å². The van der Waals surface area contributed by atoms with Gasteiger partial charge in [0.15, 0.2) is 0 Å². The predicted molar refractivity (Wildman–Crippen MR) is 111 cm³/mol. The third-order valence-corrected chi connectivity index (χ3v) is 4.61. The van der Waals surface area contributed by atoms with E-state index >= 15 is 0 Å². The average Bonchev–Trinajstić information content (AvgIpc) is 3.06. The number of aryl methyl sites for hydroxylation is 1. The normalized spacial score (nSPS) is 11.7. The van der Waals surface area contributed by atoms with Crippen LogP contribution in [0.2, 0.25) is 0 Å². The molecule has 0 bridgehead atoms. The number of anilines is 1. The summed E-state index contributed by atoms with van der Waals surface area (Å²) >= 11 is 0. The number of carboxylic acids is 1. The van der Waals surface area contributed by atoms with E-state index in [0.29, 0.717) is 18.1 Å². The number of hydrogen-bond donors (Lipinski definition) is 2. The number of benzene rings is 2. The highest BCUT2D eigenvalue weighted by atomic mass is 16.5. The van der Waals surface area contributed by atoms with Crippen molar-refractivity contribution in [3.05, 3.63) is 59.3 Å². The molecular formula is C22H21N3O5. The standard InChI is InChI=1S/C22H21N3O5/c1-13(12-29-3)30-19-6-4-5-15-10-18(25(2)20(15)19)21(26)24-17-8-7-14(11-23)9-16(17)22(27)28/h4-10,13H,12H2,1-3H3,(H,24,26)(H,27,28). The number of carboxylic acid groups (broad SMARTS) is 1. The first-order valence-corrected chi connectivity index (χ1v) is 9.18. The SMILES string of the molecule is COCC(C)Oc1cccc2cc(C(=O)Nc3ccc(C#N)cc3C(=O)O)n(C)c12. The molecule has 154 valence electrons. The molecule has 1 amide bonds. The monoisotopic (exact) mass is 407 g/mol. The van der Waals surface area contributed by atoms with Crippen molar-refractivity contribution < 1.29 is 24.2 Å². The first-order valence-electron chi connectivity index (χ1n) is 9.18. The molecule has 2 aromatic carbocycles. The van der Waals surface area contributed by atoms with E-state index < -0.39 is 11.9 Å². The van der Waals surface area contributed by atoms with Crippen LogP contribution in [-0.4, -0.2) is 41.4 Å². The van der Waals surface area contributed by atoms with Crippen molar-refractivity contribution in [1.82, 2.24) is 4.57 Å². The molecule has 1 heterocycles. The van der Waals surface area contributed by atoms with E-state index in [1.165, 1.54) is 18.2 Å². The summed E-state index contributed by atoms with van der Waals surface area (Å²) in [7, 11) is 3.34. The Morgan fingerprint density at radius 3 is 2.70 bits per heavy atom. The van der Waals surface area contributed by atoms with E-state index in [2.05, 4.69) is 5.32 Å². The zero-order valence-electron chi connectivity index (χ0n) is 16.8. The summed E-state index contributed by atoms with van der Waals surface area (Å²) in [6, 6.07) is 13.2. The Balaban J connectivity index is 1.96. The van der Waals surface area contributed by atoms with Crippen molar-refractivity contribution in [2.45, 2.75) is 13.0 Å². The van der Waals surface area contributed by atoms with Crippen LogP contribution in [0.25, 0.3) is 10.9 Å². The molecule has 8 nitrogen and oxygen atoms in total. The number of para-hydroxylation sites is 1. The Labute approximate surface area is 173 Å². The molecule has 0 saturated heterocycles. The van der Waals surface area contributed by atoms with Gasteiger partial charge < -0.3 is 24.5 Å². The van der Waals surface area contributed by atoms with Gasteiger partial charge in [-0.05, 0) is 37.3 Å². The lowest BCUT2D eigenvalue weighted by Gasteiger charge is -2.15.